The van der Waals surface area contributed by atoms with Gasteiger partial charge in [0.05, 0.1) is 6.10 Å². The van der Waals surface area contributed by atoms with Crippen molar-refractivity contribution in [2.45, 2.75) is 70.3 Å². The van der Waals surface area contributed by atoms with Gasteiger partial charge < -0.3 is 5.11 Å². The van der Waals surface area contributed by atoms with Gasteiger partial charge in [0, 0.05) is 12.3 Å². The summed E-state index contributed by atoms with van der Waals surface area (Å²) in [5.41, 5.74) is 0.878. The highest BCUT2D eigenvalue weighted by molar-refractivity contribution is 5.81. The van der Waals surface area contributed by atoms with Crippen molar-refractivity contribution in [3.8, 4) is 0 Å². The van der Waals surface area contributed by atoms with Gasteiger partial charge in [-0.25, -0.2) is 0 Å². The summed E-state index contributed by atoms with van der Waals surface area (Å²) in [5.74, 6) is 0.0405. The zero-order valence-electron chi connectivity index (χ0n) is 13.0. The normalized spacial score (nSPS) is 23.9. The van der Waals surface area contributed by atoms with E-state index in [-0.39, 0.29) is 11.7 Å². The van der Waals surface area contributed by atoms with Gasteiger partial charge in [0.25, 0.3) is 0 Å². The second-order valence-electron chi connectivity index (χ2n) is 6.30. The smallest absolute Gasteiger partial charge is 0.138 e. The first-order valence-electron chi connectivity index (χ1n) is 8.55. The maximum absolute atomic E-state index is 12.5. The molecule has 2 atom stereocenters. The van der Waals surface area contributed by atoms with Crippen LogP contribution in [0, 0.1) is 5.92 Å². The zero-order valence-corrected chi connectivity index (χ0v) is 13.0. The van der Waals surface area contributed by atoms with Crippen molar-refractivity contribution < 1.29 is 9.90 Å². The number of hydrogen-bond acceptors (Lipinski definition) is 2. The van der Waals surface area contributed by atoms with Gasteiger partial charge in [-0.3, -0.25) is 4.79 Å². The predicted octanol–water partition coefficient (Wildman–Crippen LogP) is 4.82. The summed E-state index contributed by atoms with van der Waals surface area (Å²) >= 11 is 0. The molecule has 2 rings (SSSR count). The second kappa shape index (κ2) is 8.99. The fourth-order valence-electron chi connectivity index (χ4n) is 3.29. The van der Waals surface area contributed by atoms with Crippen LogP contribution in [0.5, 0.6) is 0 Å². The quantitative estimate of drug-likeness (QED) is 0.847. The van der Waals surface area contributed by atoms with E-state index in [2.05, 4.69) is 0 Å². The van der Waals surface area contributed by atoms with E-state index < -0.39 is 6.10 Å². The second-order valence-corrected chi connectivity index (χ2v) is 6.30. The van der Waals surface area contributed by atoms with Gasteiger partial charge in [-0.15, -0.1) is 0 Å². The number of benzene rings is 1. The number of hydrogen-bond donors (Lipinski definition) is 1. The number of rotatable bonds is 2. The minimum absolute atomic E-state index is 0.216. The zero-order chi connectivity index (χ0) is 14.9. The van der Waals surface area contributed by atoms with E-state index in [9.17, 15) is 9.90 Å². The van der Waals surface area contributed by atoms with Crippen molar-refractivity contribution in [2.24, 2.45) is 5.92 Å². The Kier molecular flexibility index (Phi) is 6.94. The molecule has 0 radical (unpaired) electrons. The summed E-state index contributed by atoms with van der Waals surface area (Å²) in [7, 11) is 0. The third-order valence-electron chi connectivity index (χ3n) is 4.62. The van der Waals surface area contributed by atoms with Gasteiger partial charge in [-0.2, -0.15) is 0 Å². The molecule has 0 aliphatic heterocycles. The van der Waals surface area contributed by atoms with Crippen LogP contribution in [0.3, 0.4) is 0 Å². The van der Waals surface area contributed by atoms with Crippen LogP contribution in [-0.2, 0) is 4.79 Å². The van der Waals surface area contributed by atoms with Crippen LogP contribution in [-0.4, -0.2) is 10.9 Å². The molecular weight excluding hydrogens is 260 g/mol. The molecule has 0 amide bonds. The molecule has 2 nitrogen and oxygen atoms in total. The van der Waals surface area contributed by atoms with Crippen LogP contribution >= 0.6 is 0 Å². The Labute approximate surface area is 128 Å². The summed E-state index contributed by atoms with van der Waals surface area (Å²) in [5, 5.41) is 10.6. The number of Topliss-reactive ketones (excluding diaryl/α,β-unsaturated/α-hetero) is 1. The molecule has 1 saturated carbocycles. The van der Waals surface area contributed by atoms with Crippen LogP contribution in [0.2, 0.25) is 0 Å². The average molecular weight is 288 g/mol. The summed E-state index contributed by atoms with van der Waals surface area (Å²) in [6, 6.07) is 9.65. The number of carbonyl (C=O) groups is 1. The lowest BCUT2D eigenvalue weighted by Crippen LogP contribution is -2.22. The topological polar surface area (TPSA) is 37.3 Å². The first-order chi connectivity index (χ1) is 10.3. The van der Waals surface area contributed by atoms with Crippen molar-refractivity contribution in [1.29, 1.82) is 0 Å². The lowest BCUT2D eigenvalue weighted by molar-refractivity contribution is -0.127. The van der Waals surface area contributed by atoms with Gasteiger partial charge in [0.2, 0.25) is 0 Å². The van der Waals surface area contributed by atoms with Crippen LogP contribution in [0.1, 0.15) is 75.9 Å². The standard InChI is InChI=1S/C19H28O2/c20-18-15-11-6-4-2-1-3-5-10-14-17(18)19(21)16-12-8-7-9-13-16/h7-9,12-13,17,19,21H,1-6,10-11,14-15H2/t17-,19+/m0/s1. The number of carbonyl (C=O) groups excluding carboxylic acids is 1. The first-order valence-corrected chi connectivity index (χ1v) is 8.55. The highest BCUT2D eigenvalue weighted by atomic mass is 16.3. The maximum atomic E-state index is 12.5. The number of aliphatic hydroxyl groups excluding tert-OH is 1. The van der Waals surface area contributed by atoms with E-state index in [0.717, 1.165) is 31.2 Å². The Morgan fingerprint density at radius 3 is 2.10 bits per heavy atom. The molecule has 1 N–H and O–H groups in total. The van der Waals surface area contributed by atoms with E-state index in [4.69, 9.17) is 0 Å². The van der Waals surface area contributed by atoms with Crippen LogP contribution in [0.4, 0.5) is 0 Å². The molecule has 0 saturated heterocycles. The molecule has 116 valence electrons. The molecule has 1 aromatic rings. The van der Waals surface area contributed by atoms with Crippen LogP contribution in [0.15, 0.2) is 30.3 Å². The van der Waals surface area contributed by atoms with E-state index in [1.165, 1.54) is 32.1 Å². The maximum Gasteiger partial charge on any atom is 0.138 e. The minimum Gasteiger partial charge on any atom is -0.388 e. The third kappa shape index (κ3) is 5.28. The molecule has 0 aromatic heterocycles. The van der Waals surface area contributed by atoms with Crippen LogP contribution in [0.25, 0.3) is 0 Å². The van der Waals surface area contributed by atoms with Crippen molar-refractivity contribution in [2.75, 3.05) is 0 Å². The minimum atomic E-state index is -0.637. The van der Waals surface area contributed by atoms with Crippen LogP contribution < -0.4 is 0 Å². The van der Waals surface area contributed by atoms with Crippen molar-refractivity contribution in [1.82, 2.24) is 0 Å². The van der Waals surface area contributed by atoms with Crippen molar-refractivity contribution in [3.63, 3.8) is 0 Å². The van der Waals surface area contributed by atoms with Gasteiger partial charge in [-0.1, -0.05) is 75.3 Å². The fourth-order valence-corrected chi connectivity index (χ4v) is 3.29. The highest BCUT2D eigenvalue weighted by Crippen LogP contribution is 2.29. The molecule has 0 spiro atoms. The largest absolute Gasteiger partial charge is 0.388 e. The molecule has 21 heavy (non-hydrogen) atoms. The Balaban J connectivity index is 2.02. The van der Waals surface area contributed by atoms with Gasteiger partial charge in [-0.05, 0) is 18.4 Å². The molecule has 1 aliphatic rings. The molecule has 0 unspecified atom stereocenters. The SMILES string of the molecule is O=C1CCCCCCCCCC[C@@H]1[C@H](O)c1ccccc1. The van der Waals surface area contributed by atoms with E-state index in [1.54, 1.807) is 0 Å². The summed E-state index contributed by atoms with van der Waals surface area (Å²) in [6.45, 7) is 0. The lowest BCUT2D eigenvalue weighted by atomic mass is 9.85. The predicted molar refractivity (Wildman–Crippen MR) is 86.1 cm³/mol. The van der Waals surface area contributed by atoms with Crippen molar-refractivity contribution in [3.05, 3.63) is 35.9 Å². The molecule has 2 heteroatoms. The molecule has 0 heterocycles. The molecule has 1 fully saturated rings. The summed E-state index contributed by atoms with van der Waals surface area (Å²) in [6.07, 6.45) is 10.3. The number of ketones is 1. The van der Waals surface area contributed by atoms with Gasteiger partial charge >= 0.3 is 0 Å². The molecule has 1 aromatic carbocycles. The Morgan fingerprint density at radius 1 is 0.857 bits per heavy atom. The Bertz CT molecular complexity index is 413. The Morgan fingerprint density at radius 2 is 1.43 bits per heavy atom. The van der Waals surface area contributed by atoms with Gasteiger partial charge in [0.15, 0.2) is 0 Å². The molecular formula is C19H28O2. The number of aliphatic hydroxyl groups is 1. The first kappa shape index (κ1) is 16.2. The summed E-state index contributed by atoms with van der Waals surface area (Å²) < 4.78 is 0. The van der Waals surface area contributed by atoms with Gasteiger partial charge in [0.1, 0.15) is 5.78 Å². The van der Waals surface area contributed by atoms with E-state index in [1.807, 2.05) is 30.3 Å². The van der Waals surface area contributed by atoms with Crippen molar-refractivity contribution >= 4 is 5.78 Å². The lowest BCUT2D eigenvalue weighted by Gasteiger charge is -2.23. The highest BCUT2D eigenvalue weighted by Gasteiger charge is 2.26. The fraction of sp³-hybridized carbons (Fsp3) is 0.632. The van der Waals surface area contributed by atoms with E-state index in [0.29, 0.717) is 6.42 Å². The third-order valence-corrected chi connectivity index (χ3v) is 4.62. The average Bonchev–Trinajstić information content (AvgIpc) is 2.51. The molecule has 1 aliphatic carbocycles. The summed E-state index contributed by atoms with van der Waals surface area (Å²) in [4.78, 5) is 12.5. The molecule has 0 bridgehead atoms. The van der Waals surface area contributed by atoms with E-state index >= 15 is 0 Å². The monoisotopic (exact) mass is 288 g/mol. The Hall–Kier alpha value is -1.15.